The Morgan fingerprint density at radius 3 is 2.27 bits per heavy atom. The van der Waals surface area contributed by atoms with Crippen LogP contribution in [-0.2, 0) is 4.79 Å². The number of hydrogen-bond donors (Lipinski definition) is 1. The third-order valence-electron chi connectivity index (χ3n) is 4.48. The Kier molecular flexibility index (Phi) is 4.22. The van der Waals surface area contributed by atoms with E-state index in [1.807, 2.05) is 6.07 Å². The predicted molar refractivity (Wildman–Crippen MR) is 81.3 cm³/mol. The number of primary amides is 1. The Morgan fingerprint density at radius 2 is 1.73 bits per heavy atom. The van der Waals surface area contributed by atoms with Gasteiger partial charge in [-0.1, -0.05) is 0 Å². The van der Waals surface area contributed by atoms with E-state index in [2.05, 4.69) is 15.1 Å². The van der Waals surface area contributed by atoms with Gasteiger partial charge in [-0.15, -0.1) is 10.2 Å². The Balaban J connectivity index is 1.61. The maximum absolute atomic E-state index is 12.4. The van der Waals surface area contributed by atoms with Crippen molar-refractivity contribution >= 4 is 17.6 Å². The molecule has 2 amide bonds. The molecule has 0 aliphatic carbocycles. The van der Waals surface area contributed by atoms with E-state index in [-0.39, 0.29) is 17.7 Å². The molecule has 2 N–H and O–H groups in total. The molecule has 7 heteroatoms. The van der Waals surface area contributed by atoms with Gasteiger partial charge < -0.3 is 15.5 Å². The lowest BCUT2D eigenvalue weighted by Crippen LogP contribution is -2.42. The van der Waals surface area contributed by atoms with Crippen molar-refractivity contribution in [3.63, 3.8) is 0 Å². The van der Waals surface area contributed by atoms with Gasteiger partial charge in [-0.2, -0.15) is 0 Å². The topological polar surface area (TPSA) is 92.4 Å². The van der Waals surface area contributed by atoms with E-state index in [4.69, 9.17) is 5.73 Å². The zero-order chi connectivity index (χ0) is 15.5. The minimum absolute atomic E-state index is 0.118. The number of hydrogen-bond acceptors (Lipinski definition) is 5. The molecular weight excluding hydrogens is 282 g/mol. The molecular formula is C15H21N5O2. The van der Waals surface area contributed by atoms with Crippen molar-refractivity contribution in [1.82, 2.24) is 15.1 Å². The quantitative estimate of drug-likeness (QED) is 0.873. The first kappa shape index (κ1) is 14.7. The number of anilines is 1. The van der Waals surface area contributed by atoms with Gasteiger partial charge in [-0.05, 0) is 37.8 Å². The van der Waals surface area contributed by atoms with Crippen LogP contribution in [0.25, 0.3) is 0 Å². The maximum Gasteiger partial charge on any atom is 0.274 e. The highest BCUT2D eigenvalue weighted by molar-refractivity contribution is 5.92. The number of likely N-dealkylation sites (tertiary alicyclic amines) is 1. The number of carbonyl (C=O) groups excluding carboxylic acids is 2. The molecule has 0 saturated carbocycles. The molecule has 3 rings (SSSR count). The zero-order valence-corrected chi connectivity index (χ0v) is 12.6. The molecule has 3 heterocycles. The molecule has 7 nitrogen and oxygen atoms in total. The minimum Gasteiger partial charge on any atom is -0.369 e. The second-order valence-electron chi connectivity index (χ2n) is 5.94. The molecule has 0 radical (unpaired) electrons. The van der Waals surface area contributed by atoms with E-state index in [1.165, 1.54) is 12.8 Å². The summed E-state index contributed by atoms with van der Waals surface area (Å²) in [5.74, 6) is 0.319. The average Bonchev–Trinajstić information content (AvgIpc) is 3.09. The van der Waals surface area contributed by atoms with Crippen molar-refractivity contribution in [1.29, 1.82) is 0 Å². The number of rotatable bonds is 3. The molecule has 0 aromatic carbocycles. The maximum atomic E-state index is 12.4. The lowest BCUT2D eigenvalue weighted by Gasteiger charge is -2.30. The van der Waals surface area contributed by atoms with E-state index in [0.29, 0.717) is 31.6 Å². The van der Waals surface area contributed by atoms with E-state index in [9.17, 15) is 9.59 Å². The highest BCUT2D eigenvalue weighted by atomic mass is 16.2. The summed E-state index contributed by atoms with van der Waals surface area (Å²) in [6.45, 7) is 3.09. The van der Waals surface area contributed by atoms with Crippen LogP contribution in [0.5, 0.6) is 0 Å². The number of carbonyl (C=O) groups is 2. The standard InChI is InChI=1S/C15H21N5O2/c16-14(21)11-5-9-20(10-6-11)15(22)12-3-4-13(18-17-12)19-7-1-2-8-19/h3-4,11H,1-2,5-10H2,(H2,16,21). The molecule has 0 spiro atoms. The molecule has 2 aliphatic heterocycles. The van der Waals surface area contributed by atoms with Gasteiger partial charge in [0.1, 0.15) is 0 Å². The lowest BCUT2D eigenvalue weighted by molar-refractivity contribution is -0.123. The fourth-order valence-corrected chi connectivity index (χ4v) is 3.08. The van der Waals surface area contributed by atoms with Crippen LogP contribution in [0.4, 0.5) is 5.82 Å². The number of nitrogens with two attached hydrogens (primary N) is 1. The van der Waals surface area contributed by atoms with E-state index < -0.39 is 0 Å². The van der Waals surface area contributed by atoms with Gasteiger partial charge in [0.15, 0.2) is 11.5 Å². The fraction of sp³-hybridized carbons (Fsp3) is 0.600. The largest absolute Gasteiger partial charge is 0.369 e. The number of nitrogens with zero attached hydrogens (tertiary/aromatic N) is 4. The first-order valence-corrected chi connectivity index (χ1v) is 7.82. The van der Waals surface area contributed by atoms with Crippen LogP contribution in [0.2, 0.25) is 0 Å². The van der Waals surface area contributed by atoms with Gasteiger partial charge in [-0.25, -0.2) is 0 Å². The van der Waals surface area contributed by atoms with Gasteiger partial charge in [-0.3, -0.25) is 9.59 Å². The number of piperidine rings is 1. The van der Waals surface area contributed by atoms with Crippen LogP contribution in [0.3, 0.4) is 0 Å². The summed E-state index contributed by atoms with van der Waals surface area (Å²) in [5.41, 5.74) is 5.67. The predicted octanol–water partition coefficient (Wildman–Crippen LogP) is 0.414. The summed E-state index contributed by atoms with van der Waals surface area (Å²) in [6.07, 6.45) is 3.61. The van der Waals surface area contributed by atoms with Gasteiger partial charge in [0.25, 0.3) is 5.91 Å². The van der Waals surface area contributed by atoms with Crippen molar-refractivity contribution in [2.45, 2.75) is 25.7 Å². The van der Waals surface area contributed by atoms with Gasteiger partial charge in [0.05, 0.1) is 0 Å². The molecule has 1 aromatic rings. The summed E-state index contributed by atoms with van der Waals surface area (Å²) >= 11 is 0. The van der Waals surface area contributed by atoms with Crippen LogP contribution in [0.15, 0.2) is 12.1 Å². The van der Waals surface area contributed by atoms with Crippen molar-refractivity contribution in [2.75, 3.05) is 31.1 Å². The van der Waals surface area contributed by atoms with Crippen molar-refractivity contribution in [3.8, 4) is 0 Å². The first-order chi connectivity index (χ1) is 10.6. The molecule has 0 atom stereocenters. The highest BCUT2D eigenvalue weighted by Gasteiger charge is 2.27. The number of aromatic nitrogens is 2. The highest BCUT2D eigenvalue weighted by Crippen LogP contribution is 2.20. The molecule has 118 valence electrons. The van der Waals surface area contributed by atoms with Crippen molar-refractivity contribution in [2.24, 2.45) is 11.7 Å². The Labute approximate surface area is 129 Å². The molecule has 2 saturated heterocycles. The zero-order valence-electron chi connectivity index (χ0n) is 12.6. The smallest absolute Gasteiger partial charge is 0.274 e. The van der Waals surface area contributed by atoms with Crippen LogP contribution >= 0.6 is 0 Å². The minimum atomic E-state index is -0.276. The van der Waals surface area contributed by atoms with E-state index in [1.54, 1.807) is 11.0 Å². The third-order valence-corrected chi connectivity index (χ3v) is 4.48. The molecule has 0 bridgehead atoms. The van der Waals surface area contributed by atoms with E-state index >= 15 is 0 Å². The van der Waals surface area contributed by atoms with Gasteiger partial charge in [0.2, 0.25) is 5.91 Å². The Bertz CT molecular complexity index is 546. The van der Waals surface area contributed by atoms with Crippen LogP contribution in [0.1, 0.15) is 36.2 Å². The van der Waals surface area contributed by atoms with Crippen molar-refractivity contribution in [3.05, 3.63) is 17.8 Å². The molecule has 2 fully saturated rings. The lowest BCUT2D eigenvalue weighted by atomic mass is 9.96. The van der Waals surface area contributed by atoms with E-state index in [0.717, 1.165) is 18.9 Å². The normalized spacial score (nSPS) is 19.5. The number of amides is 2. The summed E-state index contributed by atoms with van der Waals surface area (Å²) in [4.78, 5) is 27.5. The molecule has 22 heavy (non-hydrogen) atoms. The summed E-state index contributed by atoms with van der Waals surface area (Å²) in [7, 11) is 0. The Hall–Kier alpha value is -2.18. The molecule has 0 unspecified atom stereocenters. The van der Waals surface area contributed by atoms with Gasteiger partial charge >= 0.3 is 0 Å². The second kappa shape index (κ2) is 6.29. The first-order valence-electron chi connectivity index (χ1n) is 7.82. The molecule has 2 aliphatic rings. The fourth-order valence-electron chi connectivity index (χ4n) is 3.08. The third kappa shape index (κ3) is 3.03. The van der Waals surface area contributed by atoms with Crippen molar-refractivity contribution < 1.29 is 9.59 Å². The average molecular weight is 303 g/mol. The monoisotopic (exact) mass is 303 g/mol. The molecule has 1 aromatic heterocycles. The second-order valence-corrected chi connectivity index (χ2v) is 5.94. The summed E-state index contributed by atoms with van der Waals surface area (Å²) in [6, 6.07) is 3.60. The summed E-state index contributed by atoms with van der Waals surface area (Å²) < 4.78 is 0. The SMILES string of the molecule is NC(=O)C1CCN(C(=O)c2ccc(N3CCCC3)nn2)CC1. The van der Waals surface area contributed by atoms with Crippen LogP contribution in [0, 0.1) is 5.92 Å². The van der Waals surface area contributed by atoms with Gasteiger partial charge in [0, 0.05) is 32.1 Å². The summed E-state index contributed by atoms with van der Waals surface area (Å²) in [5, 5.41) is 8.25. The Morgan fingerprint density at radius 1 is 1.05 bits per heavy atom. The van der Waals surface area contributed by atoms with Crippen LogP contribution in [-0.4, -0.2) is 53.1 Å². The van der Waals surface area contributed by atoms with Crippen LogP contribution < -0.4 is 10.6 Å².